The van der Waals surface area contributed by atoms with Crippen molar-refractivity contribution in [1.82, 2.24) is 0 Å². The first-order valence-electron chi connectivity index (χ1n) is 9.92. The zero-order valence-corrected chi connectivity index (χ0v) is 19.1. The van der Waals surface area contributed by atoms with E-state index in [0.29, 0.717) is 22.7 Å². The van der Waals surface area contributed by atoms with Crippen molar-refractivity contribution in [3.8, 4) is 5.75 Å². The van der Waals surface area contributed by atoms with E-state index < -0.39 is 26.6 Å². The summed E-state index contributed by atoms with van der Waals surface area (Å²) < 4.78 is 28.8. The van der Waals surface area contributed by atoms with Crippen molar-refractivity contribution >= 4 is 38.7 Å². The van der Waals surface area contributed by atoms with Gasteiger partial charge in [-0.1, -0.05) is 6.07 Å². The maximum Gasteiger partial charge on any atom is 0.269 e. The van der Waals surface area contributed by atoms with Crippen LogP contribution in [-0.2, 0) is 14.6 Å². The first-order chi connectivity index (χ1) is 16.0. The number of carbonyl (C=O) groups is 2. The van der Waals surface area contributed by atoms with E-state index in [1.54, 1.807) is 25.1 Å². The fourth-order valence-electron chi connectivity index (χ4n) is 2.95. The van der Waals surface area contributed by atoms with E-state index in [-0.39, 0.29) is 22.8 Å². The number of non-ortho nitro benzene ring substituents is 1. The minimum Gasteiger partial charge on any atom is -0.484 e. The highest BCUT2D eigenvalue weighted by molar-refractivity contribution is 7.90. The molecular weight excluding hydrogens is 462 g/mol. The van der Waals surface area contributed by atoms with Gasteiger partial charge in [0.05, 0.1) is 9.82 Å². The lowest BCUT2D eigenvalue weighted by Crippen LogP contribution is -2.20. The molecule has 3 rings (SSSR count). The number of ether oxygens (including phenoxy) is 1. The second-order valence-electron chi connectivity index (χ2n) is 7.37. The third-order valence-electron chi connectivity index (χ3n) is 4.70. The molecule has 176 valence electrons. The van der Waals surface area contributed by atoms with Crippen molar-refractivity contribution in [2.75, 3.05) is 23.5 Å². The highest BCUT2D eigenvalue weighted by atomic mass is 32.2. The molecule has 3 aromatic rings. The molecule has 3 aromatic carbocycles. The van der Waals surface area contributed by atoms with Crippen molar-refractivity contribution in [3.05, 3.63) is 88.0 Å². The first-order valence-corrected chi connectivity index (χ1v) is 11.8. The molecule has 0 bridgehead atoms. The Morgan fingerprint density at radius 2 is 1.71 bits per heavy atom. The number of rotatable bonds is 8. The molecule has 0 heterocycles. The number of nitrogens with one attached hydrogen (secondary N) is 2. The van der Waals surface area contributed by atoms with Crippen LogP contribution in [0.5, 0.6) is 5.75 Å². The second-order valence-corrected chi connectivity index (χ2v) is 9.39. The number of anilines is 2. The first kappa shape index (κ1) is 24.4. The van der Waals surface area contributed by atoms with E-state index in [9.17, 15) is 28.1 Å². The van der Waals surface area contributed by atoms with Crippen molar-refractivity contribution < 1.29 is 27.7 Å². The standard InChI is InChI=1S/C23H21N3O7S/c1-15-12-17(24-22(27)14-33-19-9-7-18(8-10-19)26(29)30)6-11-21(15)25-23(28)16-4-3-5-20(13-16)34(2,31)32/h3-13H,14H2,1-2H3,(H,24,27)(H,25,28). The van der Waals surface area contributed by atoms with Crippen molar-refractivity contribution in [2.45, 2.75) is 11.8 Å². The Hall–Kier alpha value is -4.25. The minimum atomic E-state index is -3.44. The smallest absolute Gasteiger partial charge is 0.269 e. The summed E-state index contributed by atoms with van der Waals surface area (Å²) in [6, 6.07) is 16.0. The molecule has 0 atom stereocenters. The third-order valence-corrected chi connectivity index (χ3v) is 5.81. The summed E-state index contributed by atoms with van der Waals surface area (Å²) in [5.41, 5.74) is 1.76. The fourth-order valence-corrected chi connectivity index (χ4v) is 3.62. The van der Waals surface area contributed by atoms with E-state index in [1.807, 2.05) is 0 Å². The van der Waals surface area contributed by atoms with Gasteiger partial charge in [0.2, 0.25) is 0 Å². The van der Waals surface area contributed by atoms with Crippen LogP contribution in [0.3, 0.4) is 0 Å². The number of sulfone groups is 1. The summed E-state index contributed by atoms with van der Waals surface area (Å²) in [5, 5.41) is 16.1. The maximum atomic E-state index is 12.6. The predicted molar refractivity (Wildman–Crippen MR) is 126 cm³/mol. The lowest BCUT2D eigenvalue weighted by Gasteiger charge is -2.12. The number of hydrogen-bond acceptors (Lipinski definition) is 7. The Morgan fingerprint density at radius 1 is 1.00 bits per heavy atom. The summed E-state index contributed by atoms with van der Waals surface area (Å²) in [6.45, 7) is 1.44. The number of carbonyl (C=O) groups excluding carboxylic acids is 2. The Morgan fingerprint density at radius 3 is 2.32 bits per heavy atom. The molecule has 0 aromatic heterocycles. The summed E-state index contributed by atoms with van der Waals surface area (Å²) in [4.78, 5) is 34.9. The van der Waals surface area contributed by atoms with Crippen LogP contribution in [0, 0.1) is 17.0 Å². The largest absolute Gasteiger partial charge is 0.484 e. The van der Waals surface area contributed by atoms with Gasteiger partial charge in [-0.3, -0.25) is 19.7 Å². The van der Waals surface area contributed by atoms with Crippen LogP contribution in [0.1, 0.15) is 15.9 Å². The summed E-state index contributed by atoms with van der Waals surface area (Å²) in [6.07, 6.45) is 1.07. The quantitative estimate of drug-likeness (QED) is 0.368. The predicted octanol–water partition coefficient (Wildman–Crippen LogP) is 3.58. The molecule has 0 saturated carbocycles. The molecule has 2 amide bonds. The average molecular weight is 484 g/mol. The van der Waals surface area contributed by atoms with Gasteiger partial charge in [0.15, 0.2) is 16.4 Å². The molecule has 2 N–H and O–H groups in total. The van der Waals surface area contributed by atoms with Gasteiger partial charge in [-0.15, -0.1) is 0 Å². The Bertz CT molecular complexity index is 1350. The van der Waals surface area contributed by atoms with Crippen LogP contribution in [0.15, 0.2) is 71.6 Å². The average Bonchev–Trinajstić information content (AvgIpc) is 2.79. The molecule has 0 fully saturated rings. The molecule has 0 unspecified atom stereocenters. The molecule has 11 heteroatoms. The number of benzene rings is 3. The number of nitrogens with zero attached hydrogens (tertiary/aromatic N) is 1. The van der Waals surface area contributed by atoms with Gasteiger partial charge in [0, 0.05) is 35.3 Å². The van der Waals surface area contributed by atoms with Gasteiger partial charge in [-0.25, -0.2) is 8.42 Å². The maximum absolute atomic E-state index is 12.6. The van der Waals surface area contributed by atoms with Crippen LogP contribution in [0.2, 0.25) is 0 Å². The molecule has 0 aliphatic carbocycles. The Balaban J connectivity index is 1.59. The molecule has 0 spiro atoms. The second kappa shape index (κ2) is 10.1. The highest BCUT2D eigenvalue weighted by Gasteiger charge is 2.13. The van der Waals surface area contributed by atoms with Crippen molar-refractivity contribution in [3.63, 3.8) is 0 Å². The normalized spacial score (nSPS) is 10.9. The topological polar surface area (TPSA) is 145 Å². The summed E-state index contributed by atoms with van der Waals surface area (Å²) in [5.74, 6) is -0.594. The zero-order chi connectivity index (χ0) is 24.9. The van der Waals surface area contributed by atoms with Crippen LogP contribution in [0.4, 0.5) is 17.1 Å². The Kier molecular flexibility index (Phi) is 7.27. The van der Waals surface area contributed by atoms with Gasteiger partial charge in [0.25, 0.3) is 17.5 Å². The van der Waals surface area contributed by atoms with E-state index in [4.69, 9.17) is 4.74 Å². The molecule has 10 nitrogen and oxygen atoms in total. The van der Waals surface area contributed by atoms with Crippen LogP contribution in [-0.4, -0.2) is 38.0 Å². The molecular formula is C23H21N3O7S. The number of amides is 2. The Labute approximate surface area is 195 Å². The summed E-state index contributed by atoms with van der Waals surface area (Å²) in [7, 11) is -3.44. The number of hydrogen-bond donors (Lipinski definition) is 2. The highest BCUT2D eigenvalue weighted by Crippen LogP contribution is 2.22. The van der Waals surface area contributed by atoms with Gasteiger partial charge in [-0.05, 0) is 61.0 Å². The summed E-state index contributed by atoms with van der Waals surface area (Å²) >= 11 is 0. The van der Waals surface area contributed by atoms with E-state index in [0.717, 1.165) is 6.26 Å². The monoisotopic (exact) mass is 483 g/mol. The number of aryl methyl sites for hydroxylation is 1. The van der Waals surface area contributed by atoms with Gasteiger partial charge in [-0.2, -0.15) is 0 Å². The molecule has 34 heavy (non-hydrogen) atoms. The van der Waals surface area contributed by atoms with Crippen molar-refractivity contribution in [1.29, 1.82) is 0 Å². The fraction of sp³-hybridized carbons (Fsp3) is 0.130. The van der Waals surface area contributed by atoms with Gasteiger partial charge >= 0.3 is 0 Å². The number of nitro groups is 1. The molecule has 0 radical (unpaired) electrons. The minimum absolute atomic E-state index is 0.0471. The van der Waals surface area contributed by atoms with E-state index >= 15 is 0 Å². The lowest BCUT2D eigenvalue weighted by molar-refractivity contribution is -0.384. The third kappa shape index (κ3) is 6.39. The van der Waals surface area contributed by atoms with E-state index in [2.05, 4.69) is 10.6 Å². The van der Waals surface area contributed by atoms with Crippen LogP contribution < -0.4 is 15.4 Å². The zero-order valence-electron chi connectivity index (χ0n) is 18.3. The molecule has 0 saturated heterocycles. The number of nitro benzene ring substituents is 1. The van der Waals surface area contributed by atoms with Crippen molar-refractivity contribution in [2.24, 2.45) is 0 Å². The SMILES string of the molecule is Cc1cc(NC(=O)COc2ccc([N+](=O)[O-])cc2)ccc1NC(=O)c1cccc(S(C)(=O)=O)c1. The molecule has 0 aliphatic heterocycles. The van der Waals surface area contributed by atoms with Crippen LogP contribution in [0.25, 0.3) is 0 Å². The molecule has 0 aliphatic rings. The van der Waals surface area contributed by atoms with Crippen LogP contribution >= 0.6 is 0 Å². The van der Waals surface area contributed by atoms with Gasteiger partial charge in [0.1, 0.15) is 5.75 Å². The van der Waals surface area contributed by atoms with E-state index in [1.165, 1.54) is 48.5 Å². The van der Waals surface area contributed by atoms with Gasteiger partial charge < -0.3 is 15.4 Å². The lowest BCUT2D eigenvalue weighted by atomic mass is 10.1.